The van der Waals surface area contributed by atoms with Crippen molar-refractivity contribution in [3.63, 3.8) is 0 Å². The fourth-order valence-corrected chi connectivity index (χ4v) is 4.40. The first kappa shape index (κ1) is 24.3. The van der Waals surface area contributed by atoms with E-state index in [4.69, 9.17) is 4.74 Å². The Morgan fingerprint density at radius 2 is 1.48 bits per heavy atom. The Balaban J connectivity index is 1.58. The van der Waals surface area contributed by atoms with Gasteiger partial charge in [0.2, 0.25) is 5.91 Å². The van der Waals surface area contributed by atoms with Crippen LogP contribution in [0.15, 0.2) is 48.5 Å². The van der Waals surface area contributed by atoms with Gasteiger partial charge in [-0.3, -0.25) is 4.79 Å². The predicted octanol–water partition coefficient (Wildman–Crippen LogP) is 4.45. The molecule has 3 rings (SSSR count). The molecule has 0 saturated heterocycles. The summed E-state index contributed by atoms with van der Waals surface area (Å²) in [5, 5.41) is 14.6. The van der Waals surface area contributed by atoms with Gasteiger partial charge in [0.25, 0.3) is 0 Å². The third-order valence-corrected chi connectivity index (χ3v) is 5.95. The molecule has 2 atom stereocenters. The Bertz CT molecular complexity index is 945. The van der Waals surface area contributed by atoms with E-state index in [1.165, 1.54) is 0 Å². The molecule has 1 aliphatic carbocycles. The molecule has 0 heterocycles. The van der Waals surface area contributed by atoms with Crippen molar-refractivity contribution < 1.29 is 24.2 Å². The minimum atomic E-state index is -1.05. The number of carboxylic acid groups (broad SMARTS) is 1. The largest absolute Gasteiger partial charge is 0.480 e. The Hall–Kier alpha value is -3.35. The third kappa shape index (κ3) is 6.12. The number of nitrogens with one attached hydrogen (secondary N) is 2. The number of aliphatic carboxylic acids is 1. The van der Waals surface area contributed by atoms with Gasteiger partial charge in [-0.05, 0) is 35.1 Å². The third-order valence-electron chi connectivity index (χ3n) is 5.95. The van der Waals surface area contributed by atoms with E-state index < -0.39 is 30.1 Å². The highest BCUT2D eigenvalue weighted by Gasteiger charge is 2.29. The second kappa shape index (κ2) is 11.5. The van der Waals surface area contributed by atoms with Crippen LogP contribution in [0.1, 0.15) is 63.0 Å². The molecule has 2 aromatic carbocycles. The molecular formula is C26H32N2O5. The highest BCUT2D eigenvalue weighted by Crippen LogP contribution is 2.44. The van der Waals surface area contributed by atoms with Crippen LogP contribution in [0.2, 0.25) is 0 Å². The number of rotatable bonds is 11. The van der Waals surface area contributed by atoms with Gasteiger partial charge in [-0.25, -0.2) is 9.59 Å². The van der Waals surface area contributed by atoms with Crippen molar-refractivity contribution in [2.24, 2.45) is 0 Å². The lowest BCUT2D eigenvalue weighted by atomic mass is 9.98. The van der Waals surface area contributed by atoms with Crippen LogP contribution in [0.3, 0.4) is 0 Å². The van der Waals surface area contributed by atoms with Gasteiger partial charge in [-0.1, -0.05) is 75.2 Å². The van der Waals surface area contributed by atoms with Crippen LogP contribution in [-0.4, -0.2) is 41.8 Å². The molecule has 0 bridgehead atoms. The van der Waals surface area contributed by atoms with E-state index in [9.17, 15) is 19.5 Å². The van der Waals surface area contributed by atoms with Crippen LogP contribution in [0.25, 0.3) is 11.1 Å². The Labute approximate surface area is 194 Å². The number of benzene rings is 2. The van der Waals surface area contributed by atoms with Crippen LogP contribution in [-0.2, 0) is 14.3 Å². The summed E-state index contributed by atoms with van der Waals surface area (Å²) in [6, 6.07) is 14.9. The number of carbonyl (C=O) groups is 3. The van der Waals surface area contributed by atoms with Crippen molar-refractivity contribution in [1.82, 2.24) is 10.6 Å². The zero-order valence-corrected chi connectivity index (χ0v) is 19.2. The summed E-state index contributed by atoms with van der Waals surface area (Å²) in [6.07, 6.45) is 1.78. The molecule has 33 heavy (non-hydrogen) atoms. The number of amides is 2. The average Bonchev–Trinajstić information content (AvgIpc) is 3.11. The van der Waals surface area contributed by atoms with Crippen molar-refractivity contribution in [1.29, 1.82) is 0 Å². The predicted molar refractivity (Wildman–Crippen MR) is 126 cm³/mol. The molecule has 0 saturated carbocycles. The topological polar surface area (TPSA) is 105 Å². The fourth-order valence-electron chi connectivity index (χ4n) is 4.40. The van der Waals surface area contributed by atoms with Gasteiger partial charge in [0.1, 0.15) is 12.6 Å². The Kier molecular flexibility index (Phi) is 8.46. The number of hydrogen-bond donors (Lipinski definition) is 3. The second-order valence-electron chi connectivity index (χ2n) is 8.41. The van der Waals surface area contributed by atoms with Crippen LogP contribution in [0, 0.1) is 0 Å². The normalized spacial score (nSPS) is 14.0. The molecule has 7 heteroatoms. The number of fused-ring (bicyclic) bond motifs is 3. The molecule has 2 aromatic rings. The molecular weight excluding hydrogens is 420 g/mol. The summed E-state index contributed by atoms with van der Waals surface area (Å²) in [5.74, 6) is -1.49. The van der Waals surface area contributed by atoms with E-state index in [0.29, 0.717) is 19.3 Å². The number of alkyl carbamates (subject to hydrolysis) is 1. The van der Waals surface area contributed by atoms with Gasteiger partial charge in [0, 0.05) is 18.4 Å². The molecule has 1 unspecified atom stereocenters. The highest BCUT2D eigenvalue weighted by atomic mass is 16.5. The number of carbonyl (C=O) groups excluding carboxylic acids is 2. The first-order chi connectivity index (χ1) is 15.9. The molecule has 0 spiro atoms. The van der Waals surface area contributed by atoms with E-state index in [2.05, 4.69) is 34.9 Å². The van der Waals surface area contributed by atoms with Crippen LogP contribution in [0.5, 0.6) is 0 Å². The maximum absolute atomic E-state index is 12.6. The van der Waals surface area contributed by atoms with Crippen LogP contribution in [0.4, 0.5) is 4.79 Å². The first-order valence-electron chi connectivity index (χ1n) is 11.6. The average molecular weight is 453 g/mol. The summed E-state index contributed by atoms with van der Waals surface area (Å²) in [4.78, 5) is 36.2. The fraction of sp³-hybridized carbons (Fsp3) is 0.423. The molecule has 7 nitrogen and oxygen atoms in total. The van der Waals surface area contributed by atoms with E-state index in [-0.39, 0.29) is 18.9 Å². The molecule has 1 aliphatic rings. The lowest BCUT2D eigenvalue weighted by molar-refractivity contribution is -0.142. The molecule has 176 valence electrons. The van der Waals surface area contributed by atoms with Gasteiger partial charge < -0.3 is 20.5 Å². The van der Waals surface area contributed by atoms with Crippen molar-refractivity contribution in [2.45, 2.75) is 64.0 Å². The van der Waals surface area contributed by atoms with Crippen molar-refractivity contribution in [3.8, 4) is 11.1 Å². The second-order valence-corrected chi connectivity index (χ2v) is 8.41. The summed E-state index contributed by atoms with van der Waals surface area (Å²) < 4.78 is 5.58. The molecule has 0 aromatic heterocycles. The summed E-state index contributed by atoms with van der Waals surface area (Å²) in [6.45, 7) is 4.02. The lowest BCUT2D eigenvalue weighted by Crippen LogP contribution is -2.44. The maximum Gasteiger partial charge on any atom is 0.407 e. The Morgan fingerprint density at radius 1 is 0.909 bits per heavy atom. The van der Waals surface area contributed by atoms with Gasteiger partial charge in [0.05, 0.1) is 0 Å². The van der Waals surface area contributed by atoms with Gasteiger partial charge in [-0.2, -0.15) is 0 Å². The van der Waals surface area contributed by atoms with Crippen molar-refractivity contribution in [2.75, 3.05) is 6.61 Å². The van der Waals surface area contributed by atoms with E-state index in [0.717, 1.165) is 28.7 Å². The lowest BCUT2D eigenvalue weighted by Gasteiger charge is -2.20. The number of ether oxygens (including phenoxy) is 1. The first-order valence-corrected chi connectivity index (χ1v) is 11.6. The van der Waals surface area contributed by atoms with E-state index in [1.807, 2.05) is 38.1 Å². The minimum absolute atomic E-state index is 0.00549. The molecule has 3 N–H and O–H groups in total. The van der Waals surface area contributed by atoms with Crippen LogP contribution < -0.4 is 10.6 Å². The zero-order chi connectivity index (χ0) is 23.8. The van der Waals surface area contributed by atoms with Gasteiger partial charge in [0.15, 0.2) is 0 Å². The summed E-state index contributed by atoms with van der Waals surface area (Å²) >= 11 is 0. The maximum atomic E-state index is 12.6. The quantitative estimate of drug-likeness (QED) is 0.467. The minimum Gasteiger partial charge on any atom is -0.480 e. The standard InChI is InChI=1S/C26H32N2O5/c1-3-9-17(15-24(29)28-23(10-4-2)25(30)31)27-26(32)33-16-22-20-13-7-5-11-18(20)19-12-6-8-14-21(19)22/h5-8,11-14,17,22-23H,3-4,9-10,15-16H2,1-2H3,(H,27,32)(H,28,29)(H,30,31)/t17-,23?/m1/s1. The summed E-state index contributed by atoms with van der Waals surface area (Å²) in [7, 11) is 0. The smallest absolute Gasteiger partial charge is 0.407 e. The number of carboxylic acids is 1. The zero-order valence-electron chi connectivity index (χ0n) is 19.2. The van der Waals surface area contributed by atoms with Crippen LogP contribution >= 0.6 is 0 Å². The van der Waals surface area contributed by atoms with Crippen molar-refractivity contribution >= 4 is 18.0 Å². The van der Waals surface area contributed by atoms with Crippen molar-refractivity contribution in [3.05, 3.63) is 59.7 Å². The highest BCUT2D eigenvalue weighted by molar-refractivity contribution is 5.84. The molecule has 0 fully saturated rings. The van der Waals surface area contributed by atoms with Gasteiger partial charge >= 0.3 is 12.1 Å². The van der Waals surface area contributed by atoms with Gasteiger partial charge in [-0.15, -0.1) is 0 Å². The summed E-state index contributed by atoms with van der Waals surface area (Å²) in [5.41, 5.74) is 4.57. The Morgan fingerprint density at radius 3 is 2.03 bits per heavy atom. The van der Waals surface area contributed by atoms with E-state index in [1.54, 1.807) is 0 Å². The molecule has 2 amide bonds. The molecule has 0 radical (unpaired) electrons. The number of hydrogen-bond acceptors (Lipinski definition) is 4. The monoisotopic (exact) mass is 452 g/mol. The van der Waals surface area contributed by atoms with E-state index >= 15 is 0 Å². The molecule has 0 aliphatic heterocycles. The SMILES string of the molecule is CCCC(NC(=O)C[C@@H](CCC)NC(=O)OCC1c2ccccc2-c2ccccc21)C(=O)O.